The molecule has 0 aliphatic carbocycles. The minimum Gasteiger partial charge on any atom is -0.287 e. The third-order valence-corrected chi connectivity index (χ3v) is 2.00. The second kappa shape index (κ2) is 4.78. The van der Waals surface area contributed by atoms with Crippen LogP contribution in [0.4, 0.5) is 0 Å². The largest absolute Gasteiger partial charge is 0.287 e. The van der Waals surface area contributed by atoms with Crippen LogP contribution >= 0.6 is 24.0 Å². The van der Waals surface area contributed by atoms with Crippen LogP contribution in [0.15, 0.2) is 11.5 Å². The molecule has 0 radical (unpaired) electrons. The Kier molecular flexibility index (Phi) is 4.75. The van der Waals surface area contributed by atoms with Gasteiger partial charge in [-0.1, -0.05) is 30.1 Å². The summed E-state index contributed by atoms with van der Waals surface area (Å²) in [5.41, 5.74) is 0. The zero-order valence-electron chi connectivity index (χ0n) is 5.37. The number of thiocarbonyl (C=S) groups is 1. The lowest BCUT2D eigenvalue weighted by Gasteiger charge is -2.06. The quantitative estimate of drug-likeness (QED) is 0.471. The third-order valence-electron chi connectivity index (χ3n) is 0.569. The smallest absolute Gasteiger partial charge is 0.163 e. The van der Waals surface area contributed by atoms with E-state index in [2.05, 4.69) is 0 Å². The van der Waals surface area contributed by atoms with Crippen LogP contribution in [-0.4, -0.2) is 21.6 Å². The van der Waals surface area contributed by atoms with E-state index in [9.17, 15) is 0 Å². The van der Waals surface area contributed by atoms with Gasteiger partial charge in [-0.3, -0.25) is 5.21 Å². The first-order valence-electron chi connectivity index (χ1n) is 2.43. The highest BCUT2D eigenvalue weighted by molar-refractivity contribution is 8.24. The molecule has 52 valence electrons. The van der Waals surface area contributed by atoms with E-state index in [-0.39, 0.29) is 0 Å². The van der Waals surface area contributed by atoms with Crippen molar-refractivity contribution in [1.29, 1.82) is 0 Å². The minimum atomic E-state index is 0.452. The maximum atomic E-state index is 8.68. The summed E-state index contributed by atoms with van der Waals surface area (Å²) in [6, 6.07) is 0. The highest BCUT2D eigenvalue weighted by Gasteiger charge is 1.95. The van der Waals surface area contributed by atoms with E-state index in [1.165, 1.54) is 18.8 Å². The highest BCUT2D eigenvalue weighted by atomic mass is 32.2. The van der Waals surface area contributed by atoms with E-state index in [4.69, 9.17) is 17.4 Å². The summed E-state index contributed by atoms with van der Waals surface area (Å²) in [4.78, 5) is 0. The summed E-state index contributed by atoms with van der Waals surface area (Å²) < 4.78 is 0.452. The van der Waals surface area contributed by atoms with Crippen molar-refractivity contribution in [2.45, 2.75) is 6.92 Å². The standard InChI is InChI=1S/C5H9NOS2/c1-3-4-9-5(8)6(2)7/h3-4,7H,1-2H3. The van der Waals surface area contributed by atoms with Gasteiger partial charge in [0.1, 0.15) is 0 Å². The predicted molar refractivity (Wildman–Crippen MR) is 44.6 cm³/mol. The van der Waals surface area contributed by atoms with Crippen molar-refractivity contribution in [1.82, 2.24) is 5.06 Å². The molecule has 0 atom stereocenters. The number of hydroxylamine groups is 2. The van der Waals surface area contributed by atoms with Gasteiger partial charge in [-0.15, -0.1) is 0 Å². The first-order valence-corrected chi connectivity index (χ1v) is 3.71. The van der Waals surface area contributed by atoms with E-state index in [1.807, 2.05) is 18.4 Å². The van der Waals surface area contributed by atoms with Crippen LogP contribution < -0.4 is 0 Å². The maximum Gasteiger partial charge on any atom is 0.163 e. The van der Waals surface area contributed by atoms with Gasteiger partial charge in [0, 0.05) is 7.05 Å². The van der Waals surface area contributed by atoms with Crippen molar-refractivity contribution in [2.75, 3.05) is 7.05 Å². The van der Waals surface area contributed by atoms with Crippen molar-refractivity contribution < 1.29 is 5.21 Å². The molecule has 0 aliphatic rings. The summed E-state index contributed by atoms with van der Waals surface area (Å²) in [6.45, 7) is 1.90. The molecule has 0 rings (SSSR count). The molecule has 0 aliphatic heterocycles. The molecule has 0 heterocycles. The molecule has 0 aromatic carbocycles. The lowest BCUT2D eigenvalue weighted by Crippen LogP contribution is -2.15. The lowest BCUT2D eigenvalue weighted by molar-refractivity contribution is 0.0205. The van der Waals surface area contributed by atoms with Crippen molar-refractivity contribution >= 4 is 28.3 Å². The Morgan fingerprint density at radius 2 is 2.33 bits per heavy atom. The Labute approximate surface area is 64.5 Å². The first-order chi connectivity index (χ1) is 4.18. The molecule has 0 saturated heterocycles. The molecule has 0 bridgehead atoms. The van der Waals surface area contributed by atoms with Gasteiger partial charge in [0.15, 0.2) is 4.32 Å². The van der Waals surface area contributed by atoms with Gasteiger partial charge < -0.3 is 0 Å². The van der Waals surface area contributed by atoms with E-state index >= 15 is 0 Å². The number of hydrogen-bond donors (Lipinski definition) is 1. The van der Waals surface area contributed by atoms with Crippen LogP contribution in [-0.2, 0) is 0 Å². The number of thioether (sulfide) groups is 1. The van der Waals surface area contributed by atoms with Gasteiger partial charge in [0.25, 0.3) is 0 Å². The second-order valence-corrected chi connectivity index (χ2v) is 2.92. The average molecular weight is 163 g/mol. The fraction of sp³-hybridized carbons (Fsp3) is 0.400. The van der Waals surface area contributed by atoms with Gasteiger partial charge in [-0.2, -0.15) is 0 Å². The van der Waals surface area contributed by atoms with Crippen LogP contribution in [0.25, 0.3) is 0 Å². The van der Waals surface area contributed by atoms with Gasteiger partial charge in [0.05, 0.1) is 0 Å². The second-order valence-electron chi connectivity index (χ2n) is 1.38. The molecular formula is C5H9NOS2. The zero-order valence-corrected chi connectivity index (χ0v) is 7.00. The van der Waals surface area contributed by atoms with Crippen LogP contribution in [0.5, 0.6) is 0 Å². The fourth-order valence-electron chi connectivity index (χ4n) is 0.203. The maximum absolute atomic E-state index is 8.68. The summed E-state index contributed by atoms with van der Waals surface area (Å²) >= 11 is 6.04. The van der Waals surface area contributed by atoms with Crippen LogP contribution in [0.2, 0.25) is 0 Å². The molecule has 0 amide bonds. The van der Waals surface area contributed by atoms with E-state index in [1.54, 1.807) is 0 Å². The Bertz CT molecular complexity index is 122. The molecule has 4 heteroatoms. The Morgan fingerprint density at radius 1 is 1.78 bits per heavy atom. The lowest BCUT2D eigenvalue weighted by atomic mass is 10.8. The normalized spacial score (nSPS) is 10.1. The summed E-state index contributed by atoms with van der Waals surface area (Å²) in [7, 11) is 1.50. The fourth-order valence-corrected chi connectivity index (χ4v) is 0.774. The highest BCUT2D eigenvalue weighted by Crippen LogP contribution is 2.06. The molecule has 0 spiro atoms. The number of allylic oxidation sites excluding steroid dienone is 1. The molecule has 9 heavy (non-hydrogen) atoms. The molecule has 0 saturated carbocycles. The van der Waals surface area contributed by atoms with Gasteiger partial charge in [-0.05, 0) is 12.3 Å². The summed E-state index contributed by atoms with van der Waals surface area (Å²) in [5, 5.41) is 11.4. The number of rotatable bonds is 1. The monoisotopic (exact) mass is 163 g/mol. The summed E-state index contributed by atoms with van der Waals surface area (Å²) in [5.74, 6) is 0. The van der Waals surface area contributed by atoms with Crippen LogP contribution in [0, 0.1) is 0 Å². The molecule has 1 N–H and O–H groups in total. The predicted octanol–water partition coefficient (Wildman–Crippen LogP) is 1.86. The molecule has 0 fully saturated rings. The zero-order chi connectivity index (χ0) is 7.28. The van der Waals surface area contributed by atoms with Crippen molar-refractivity contribution in [2.24, 2.45) is 0 Å². The Balaban J connectivity index is 3.51. The topological polar surface area (TPSA) is 23.5 Å². The van der Waals surface area contributed by atoms with Gasteiger partial charge in [0.2, 0.25) is 0 Å². The number of hydrogen-bond acceptors (Lipinski definition) is 3. The van der Waals surface area contributed by atoms with Crippen LogP contribution in [0.1, 0.15) is 6.92 Å². The SMILES string of the molecule is CC=CSC(=S)N(C)O. The van der Waals surface area contributed by atoms with Crippen LogP contribution in [0.3, 0.4) is 0 Å². The molecule has 2 nitrogen and oxygen atoms in total. The minimum absolute atomic E-state index is 0.452. The molecule has 0 aromatic heterocycles. The van der Waals surface area contributed by atoms with Crippen molar-refractivity contribution in [3.63, 3.8) is 0 Å². The van der Waals surface area contributed by atoms with Crippen molar-refractivity contribution in [3.05, 3.63) is 11.5 Å². The molecular weight excluding hydrogens is 154 g/mol. The third kappa shape index (κ3) is 4.44. The summed E-state index contributed by atoms with van der Waals surface area (Å²) in [6.07, 6.45) is 1.86. The number of nitrogens with zero attached hydrogens (tertiary/aromatic N) is 1. The van der Waals surface area contributed by atoms with E-state index < -0.39 is 0 Å². The Morgan fingerprint density at radius 3 is 2.67 bits per heavy atom. The first kappa shape index (κ1) is 8.94. The molecule has 0 unspecified atom stereocenters. The van der Waals surface area contributed by atoms with E-state index in [0.717, 1.165) is 5.06 Å². The molecule has 0 aromatic rings. The van der Waals surface area contributed by atoms with E-state index in [0.29, 0.717) is 4.32 Å². The van der Waals surface area contributed by atoms with Gasteiger partial charge >= 0.3 is 0 Å². The Hall–Kier alpha value is -0.0600. The average Bonchev–Trinajstić information content (AvgIpc) is 1.82. The van der Waals surface area contributed by atoms with Crippen molar-refractivity contribution in [3.8, 4) is 0 Å². The van der Waals surface area contributed by atoms with Gasteiger partial charge in [-0.25, -0.2) is 5.06 Å².